The molecule has 0 aromatic heterocycles. The fourth-order valence-corrected chi connectivity index (χ4v) is 2.75. The maximum atomic E-state index is 13.0. The topological polar surface area (TPSA) is 105 Å². The molecular weight excluding hydrogens is 339 g/mol. The standard InChI is InChI=1S/C18H17FN4O3/c19-12-3-7-15(8-4-12)23-10-14(9-16(23)24)22-18(26)21-13-5-1-11(2-6-13)17(20)25/h1-8,14H,9-10H2,(H2,20,25)(H2,21,22,26). The van der Waals surface area contributed by atoms with Crippen molar-refractivity contribution in [3.8, 4) is 0 Å². The summed E-state index contributed by atoms with van der Waals surface area (Å²) in [7, 11) is 0. The van der Waals surface area contributed by atoms with Crippen LogP contribution >= 0.6 is 0 Å². The molecule has 1 atom stereocenters. The van der Waals surface area contributed by atoms with Gasteiger partial charge < -0.3 is 21.3 Å². The van der Waals surface area contributed by atoms with Crippen molar-refractivity contribution in [3.05, 3.63) is 59.9 Å². The van der Waals surface area contributed by atoms with Gasteiger partial charge in [0.1, 0.15) is 5.82 Å². The number of nitrogens with two attached hydrogens (primary N) is 1. The normalized spacial score (nSPS) is 16.4. The first-order valence-corrected chi connectivity index (χ1v) is 7.95. The van der Waals surface area contributed by atoms with Crippen LogP contribution in [0.15, 0.2) is 48.5 Å². The number of primary amides is 1. The van der Waals surface area contributed by atoms with Gasteiger partial charge in [0.15, 0.2) is 0 Å². The summed E-state index contributed by atoms with van der Waals surface area (Å²) in [4.78, 5) is 36.7. The molecule has 4 amide bonds. The zero-order valence-electron chi connectivity index (χ0n) is 13.7. The number of halogens is 1. The zero-order chi connectivity index (χ0) is 18.7. The first kappa shape index (κ1) is 17.4. The van der Waals surface area contributed by atoms with E-state index in [0.717, 1.165) is 0 Å². The van der Waals surface area contributed by atoms with Crippen LogP contribution in [0.25, 0.3) is 0 Å². The number of benzene rings is 2. The lowest BCUT2D eigenvalue weighted by molar-refractivity contribution is -0.117. The van der Waals surface area contributed by atoms with Crippen LogP contribution in [0.3, 0.4) is 0 Å². The second-order valence-corrected chi connectivity index (χ2v) is 5.92. The molecule has 0 saturated carbocycles. The predicted octanol–water partition coefficient (Wildman–Crippen LogP) is 1.85. The van der Waals surface area contributed by atoms with Crippen molar-refractivity contribution in [1.82, 2.24) is 5.32 Å². The van der Waals surface area contributed by atoms with E-state index in [9.17, 15) is 18.8 Å². The Morgan fingerprint density at radius 1 is 1.08 bits per heavy atom. The minimum atomic E-state index is -0.550. The minimum absolute atomic E-state index is 0.146. The van der Waals surface area contributed by atoms with Crippen LogP contribution in [0.2, 0.25) is 0 Å². The third kappa shape index (κ3) is 3.97. The van der Waals surface area contributed by atoms with E-state index in [1.165, 1.54) is 41.3 Å². The van der Waals surface area contributed by atoms with Gasteiger partial charge in [0.25, 0.3) is 0 Å². The molecule has 134 valence electrons. The smallest absolute Gasteiger partial charge is 0.319 e. The molecule has 0 spiro atoms. The molecule has 0 bridgehead atoms. The van der Waals surface area contributed by atoms with E-state index >= 15 is 0 Å². The summed E-state index contributed by atoms with van der Waals surface area (Å²) in [5.74, 6) is -1.07. The summed E-state index contributed by atoms with van der Waals surface area (Å²) in [6, 6.07) is 10.9. The van der Waals surface area contributed by atoms with Crippen molar-refractivity contribution in [2.24, 2.45) is 5.73 Å². The Labute approximate surface area is 149 Å². The first-order chi connectivity index (χ1) is 12.4. The summed E-state index contributed by atoms with van der Waals surface area (Å²) < 4.78 is 13.0. The number of nitrogens with zero attached hydrogens (tertiary/aromatic N) is 1. The van der Waals surface area contributed by atoms with E-state index < -0.39 is 11.9 Å². The van der Waals surface area contributed by atoms with Crippen molar-refractivity contribution < 1.29 is 18.8 Å². The van der Waals surface area contributed by atoms with Gasteiger partial charge in [-0.3, -0.25) is 9.59 Å². The number of carbonyl (C=O) groups is 3. The third-order valence-electron chi connectivity index (χ3n) is 4.03. The van der Waals surface area contributed by atoms with E-state index in [2.05, 4.69) is 10.6 Å². The van der Waals surface area contributed by atoms with Crippen molar-refractivity contribution in [2.45, 2.75) is 12.5 Å². The lowest BCUT2D eigenvalue weighted by Gasteiger charge is -2.17. The molecule has 1 aliphatic rings. The van der Waals surface area contributed by atoms with Crippen LogP contribution in [0.5, 0.6) is 0 Å². The largest absolute Gasteiger partial charge is 0.366 e. The van der Waals surface area contributed by atoms with Gasteiger partial charge >= 0.3 is 6.03 Å². The summed E-state index contributed by atoms with van der Waals surface area (Å²) in [6.07, 6.45) is 0.158. The fourth-order valence-electron chi connectivity index (χ4n) is 2.75. The van der Waals surface area contributed by atoms with Gasteiger partial charge in [-0.05, 0) is 48.5 Å². The zero-order valence-corrected chi connectivity index (χ0v) is 13.7. The van der Waals surface area contributed by atoms with Crippen LogP contribution in [-0.4, -0.2) is 30.4 Å². The number of hydrogen-bond acceptors (Lipinski definition) is 3. The number of urea groups is 1. The lowest BCUT2D eigenvalue weighted by atomic mass is 10.2. The molecule has 1 unspecified atom stereocenters. The summed E-state index contributed by atoms with van der Waals surface area (Å²) in [5, 5.41) is 5.36. The van der Waals surface area contributed by atoms with Crippen molar-refractivity contribution in [1.29, 1.82) is 0 Å². The number of nitrogens with one attached hydrogen (secondary N) is 2. The second kappa shape index (κ2) is 7.22. The summed E-state index contributed by atoms with van der Waals surface area (Å²) in [5.41, 5.74) is 6.58. The third-order valence-corrected chi connectivity index (χ3v) is 4.03. The highest BCUT2D eigenvalue weighted by molar-refractivity contribution is 5.98. The van der Waals surface area contributed by atoms with Crippen molar-refractivity contribution in [3.63, 3.8) is 0 Å². The average molecular weight is 356 g/mol. The van der Waals surface area contributed by atoms with E-state index in [4.69, 9.17) is 5.73 Å². The highest BCUT2D eigenvalue weighted by atomic mass is 19.1. The number of carbonyl (C=O) groups excluding carboxylic acids is 3. The monoisotopic (exact) mass is 356 g/mol. The Morgan fingerprint density at radius 2 is 1.73 bits per heavy atom. The maximum absolute atomic E-state index is 13.0. The molecule has 1 aliphatic heterocycles. The molecule has 4 N–H and O–H groups in total. The van der Waals surface area contributed by atoms with E-state index in [1.807, 2.05) is 0 Å². The van der Waals surface area contributed by atoms with Gasteiger partial charge in [-0.2, -0.15) is 0 Å². The van der Waals surface area contributed by atoms with Crippen LogP contribution in [-0.2, 0) is 4.79 Å². The summed E-state index contributed by atoms with van der Waals surface area (Å²) in [6.45, 7) is 0.304. The second-order valence-electron chi connectivity index (χ2n) is 5.92. The van der Waals surface area contributed by atoms with Crippen LogP contribution < -0.4 is 21.3 Å². The van der Waals surface area contributed by atoms with Gasteiger partial charge in [-0.15, -0.1) is 0 Å². The van der Waals surface area contributed by atoms with E-state index in [1.54, 1.807) is 12.1 Å². The first-order valence-electron chi connectivity index (χ1n) is 7.95. The SMILES string of the molecule is NC(=O)c1ccc(NC(=O)NC2CC(=O)N(c3ccc(F)cc3)C2)cc1. The summed E-state index contributed by atoms with van der Waals surface area (Å²) >= 11 is 0. The molecule has 7 nitrogen and oxygen atoms in total. The Kier molecular flexibility index (Phi) is 4.83. The quantitative estimate of drug-likeness (QED) is 0.779. The van der Waals surface area contributed by atoms with Gasteiger partial charge in [0.05, 0.1) is 6.04 Å². The Morgan fingerprint density at radius 3 is 2.35 bits per heavy atom. The molecule has 3 rings (SSSR count). The van der Waals surface area contributed by atoms with Gasteiger partial charge in [0, 0.05) is 29.9 Å². The fraction of sp³-hybridized carbons (Fsp3) is 0.167. The Bertz CT molecular complexity index is 837. The van der Waals surface area contributed by atoms with Crippen molar-refractivity contribution >= 4 is 29.2 Å². The maximum Gasteiger partial charge on any atom is 0.319 e. The molecule has 1 heterocycles. The molecule has 0 aliphatic carbocycles. The minimum Gasteiger partial charge on any atom is -0.366 e. The highest BCUT2D eigenvalue weighted by Gasteiger charge is 2.31. The molecule has 26 heavy (non-hydrogen) atoms. The van der Waals surface area contributed by atoms with Crippen LogP contribution in [0.4, 0.5) is 20.6 Å². The molecule has 2 aromatic rings. The molecular formula is C18H17FN4O3. The number of rotatable bonds is 4. The van der Waals surface area contributed by atoms with E-state index in [0.29, 0.717) is 23.5 Å². The lowest BCUT2D eigenvalue weighted by Crippen LogP contribution is -2.39. The van der Waals surface area contributed by atoms with Crippen LogP contribution in [0.1, 0.15) is 16.8 Å². The van der Waals surface area contributed by atoms with Crippen LogP contribution in [0, 0.1) is 5.82 Å². The van der Waals surface area contributed by atoms with E-state index in [-0.39, 0.29) is 24.2 Å². The molecule has 1 fully saturated rings. The predicted molar refractivity (Wildman–Crippen MR) is 94.3 cm³/mol. The number of anilines is 2. The molecule has 8 heteroatoms. The highest BCUT2D eigenvalue weighted by Crippen LogP contribution is 2.22. The van der Waals surface area contributed by atoms with Gasteiger partial charge in [-0.1, -0.05) is 0 Å². The number of hydrogen-bond donors (Lipinski definition) is 3. The van der Waals surface area contributed by atoms with Gasteiger partial charge in [-0.25, -0.2) is 9.18 Å². The van der Waals surface area contributed by atoms with Crippen molar-refractivity contribution in [2.75, 3.05) is 16.8 Å². The molecule has 1 saturated heterocycles. The molecule has 0 radical (unpaired) electrons. The number of amides is 4. The van der Waals surface area contributed by atoms with Gasteiger partial charge in [0.2, 0.25) is 11.8 Å². The average Bonchev–Trinajstić information content (AvgIpc) is 2.96. The molecule has 2 aromatic carbocycles. The Balaban J connectivity index is 1.57. The Hall–Kier alpha value is -3.42.